The predicted molar refractivity (Wildman–Crippen MR) is 101 cm³/mol. The molecule has 1 fully saturated rings. The largest absolute Gasteiger partial charge is 0.494 e. The summed E-state index contributed by atoms with van der Waals surface area (Å²) in [5, 5.41) is 0. The molecule has 1 aliphatic heterocycles. The highest BCUT2D eigenvalue weighted by Gasteiger charge is 2.51. The summed E-state index contributed by atoms with van der Waals surface area (Å²) in [6.45, 7) is 12.2. The first-order valence-electron chi connectivity index (χ1n) is 7.97. The van der Waals surface area contributed by atoms with Crippen LogP contribution in [0.3, 0.4) is 0 Å². The Bertz CT molecular complexity index is 674. The van der Waals surface area contributed by atoms with Crippen molar-refractivity contribution in [3.63, 3.8) is 0 Å². The minimum Gasteiger partial charge on any atom is -0.399 e. The van der Waals surface area contributed by atoms with Crippen LogP contribution in [-0.4, -0.2) is 28.3 Å². The molecule has 0 spiro atoms. The fourth-order valence-corrected chi connectivity index (χ4v) is 2.65. The summed E-state index contributed by atoms with van der Waals surface area (Å²) in [5.41, 5.74) is 2.49. The number of aromatic nitrogens is 2. The van der Waals surface area contributed by atoms with Gasteiger partial charge in [-0.05, 0) is 71.3 Å². The van der Waals surface area contributed by atoms with Gasteiger partial charge >= 0.3 is 7.12 Å². The molecule has 2 aromatic rings. The predicted octanol–water partition coefficient (Wildman–Crippen LogP) is 3.84. The normalized spacial score (nSPS) is 18.0. The number of aryl methyl sites for hydroxylation is 2. The third kappa shape index (κ3) is 4.65. The maximum absolute atomic E-state index is 5.96. The lowest BCUT2D eigenvalue weighted by Gasteiger charge is -2.32. The van der Waals surface area contributed by atoms with Crippen LogP contribution in [0.1, 0.15) is 39.1 Å². The Balaban J connectivity index is 0.000000219. The lowest BCUT2D eigenvalue weighted by Crippen LogP contribution is -2.41. The Hall–Kier alpha value is -1.24. The number of hydrogen-bond donors (Lipinski definition) is 0. The lowest BCUT2D eigenvalue weighted by atomic mass is 9.79. The number of nitrogens with zero attached hydrogens (tertiary/aromatic N) is 2. The first-order valence-corrected chi connectivity index (χ1v) is 8.76. The average molecular weight is 391 g/mol. The van der Waals surface area contributed by atoms with Crippen LogP contribution in [0.4, 0.5) is 0 Å². The molecule has 1 aliphatic rings. The smallest absolute Gasteiger partial charge is 0.399 e. The van der Waals surface area contributed by atoms with Gasteiger partial charge < -0.3 is 9.31 Å². The first kappa shape index (κ1) is 19.1. The Morgan fingerprint density at radius 1 is 0.875 bits per heavy atom. The van der Waals surface area contributed by atoms with E-state index in [1.165, 1.54) is 0 Å². The molecule has 3 rings (SSSR count). The molecule has 128 valence electrons. The fraction of sp³-hybridized carbons (Fsp3) is 0.444. The van der Waals surface area contributed by atoms with Gasteiger partial charge in [-0.3, -0.25) is 9.97 Å². The second kappa shape index (κ2) is 7.34. The van der Waals surface area contributed by atoms with Crippen LogP contribution in [0.2, 0.25) is 0 Å². The molecule has 6 heteroatoms. The SMILES string of the molecule is Cc1cc(B2OC(C)(C)C(C)(C)O2)ccn1.Cc1cc(Br)ccn1. The molecule has 1 saturated heterocycles. The highest BCUT2D eigenvalue weighted by molar-refractivity contribution is 9.10. The summed E-state index contributed by atoms with van der Waals surface area (Å²) in [6.07, 6.45) is 3.56. The zero-order valence-electron chi connectivity index (χ0n) is 15.1. The van der Waals surface area contributed by atoms with Crippen LogP contribution in [0, 0.1) is 13.8 Å². The third-order valence-electron chi connectivity index (χ3n) is 4.30. The molecule has 0 N–H and O–H groups in total. The molecule has 0 unspecified atom stereocenters. The minimum atomic E-state index is -0.285. The van der Waals surface area contributed by atoms with E-state index in [1.807, 2.05) is 38.1 Å². The van der Waals surface area contributed by atoms with Crippen LogP contribution >= 0.6 is 15.9 Å². The van der Waals surface area contributed by atoms with Crippen molar-refractivity contribution in [3.05, 3.63) is 52.5 Å². The number of hydrogen-bond acceptors (Lipinski definition) is 4. The molecule has 3 heterocycles. The van der Waals surface area contributed by atoms with E-state index in [4.69, 9.17) is 9.31 Å². The molecule has 4 nitrogen and oxygen atoms in total. The molecule has 0 atom stereocenters. The Kier molecular flexibility index (Phi) is 5.84. The quantitative estimate of drug-likeness (QED) is 0.694. The minimum absolute atomic E-state index is 0.283. The number of pyridine rings is 2. The summed E-state index contributed by atoms with van der Waals surface area (Å²) in [4.78, 5) is 8.18. The van der Waals surface area contributed by atoms with Crippen molar-refractivity contribution < 1.29 is 9.31 Å². The molecule has 0 amide bonds. The second-order valence-electron chi connectivity index (χ2n) is 6.93. The zero-order chi connectivity index (χ0) is 18.0. The maximum atomic E-state index is 5.96. The van der Waals surface area contributed by atoms with Gasteiger partial charge in [0.1, 0.15) is 0 Å². The summed E-state index contributed by atoms with van der Waals surface area (Å²) in [6, 6.07) is 7.82. The van der Waals surface area contributed by atoms with Crippen molar-refractivity contribution in [3.8, 4) is 0 Å². The van der Waals surface area contributed by atoms with Gasteiger partial charge in [-0.1, -0.05) is 15.9 Å². The Morgan fingerprint density at radius 2 is 1.38 bits per heavy atom. The molecule has 24 heavy (non-hydrogen) atoms. The number of halogens is 1. The molecule has 0 bridgehead atoms. The number of rotatable bonds is 1. The highest BCUT2D eigenvalue weighted by atomic mass is 79.9. The van der Waals surface area contributed by atoms with Gasteiger partial charge in [-0.15, -0.1) is 0 Å². The summed E-state index contributed by atoms with van der Waals surface area (Å²) >= 11 is 3.32. The van der Waals surface area contributed by atoms with Gasteiger partial charge in [0.25, 0.3) is 0 Å². The molecular weight excluding hydrogens is 367 g/mol. The van der Waals surface area contributed by atoms with E-state index in [-0.39, 0.29) is 18.3 Å². The van der Waals surface area contributed by atoms with E-state index < -0.39 is 0 Å². The van der Waals surface area contributed by atoms with E-state index in [0.717, 1.165) is 21.3 Å². The van der Waals surface area contributed by atoms with E-state index in [0.29, 0.717) is 0 Å². The van der Waals surface area contributed by atoms with Crippen LogP contribution in [0.25, 0.3) is 0 Å². The van der Waals surface area contributed by atoms with Crippen molar-refractivity contribution >= 4 is 28.5 Å². The van der Waals surface area contributed by atoms with Gasteiger partial charge in [0.05, 0.1) is 11.2 Å². The van der Waals surface area contributed by atoms with Gasteiger partial charge in [0.2, 0.25) is 0 Å². The van der Waals surface area contributed by atoms with Crippen LogP contribution in [-0.2, 0) is 9.31 Å². The molecule has 2 aromatic heterocycles. The summed E-state index contributed by atoms with van der Waals surface area (Å²) in [7, 11) is -0.285. The Morgan fingerprint density at radius 3 is 1.79 bits per heavy atom. The standard InChI is InChI=1S/C12H18BNO2.C6H6BrN/c1-9-8-10(6-7-14-9)13-15-11(2,3)12(4,5)16-13;1-5-4-6(7)2-3-8-5/h6-8H,1-5H3;2-4H,1H3. The van der Waals surface area contributed by atoms with Crippen molar-refractivity contribution in [2.75, 3.05) is 0 Å². The molecule has 0 aliphatic carbocycles. The van der Waals surface area contributed by atoms with Gasteiger partial charge in [0, 0.05) is 28.3 Å². The van der Waals surface area contributed by atoms with Crippen LogP contribution in [0.15, 0.2) is 41.1 Å². The van der Waals surface area contributed by atoms with E-state index in [9.17, 15) is 0 Å². The monoisotopic (exact) mass is 390 g/mol. The second-order valence-corrected chi connectivity index (χ2v) is 7.85. The zero-order valence-corrected chi connectivity index (χ0v) is 16.7. The average Bonchev–Trinajstić information content (AvgIpc) is 2.68. The maximum Gasteiger partial charge on any atom is 0.494 e. The Labute approximate surface area is 153 Å². The third-order valence-corrected chi connectivity index (χ3v) is 4.80. The van der Waals surface area contributed by atoms with E-state index in [1.54, 1.807) is 12.4 Å². The van der Waals surface area contributed by atoms with Gasteiger partial charge in [-0.25, -0.2) is 0 Å². The lowest BCUT2D eigenvalue weighted by molar-refractivity contribution is 0.00578. The molecule has 0 radical (unpaired) electrons. The van der Waals surface area contributed by atoms with Crippen molar-refractivity contribution in [2.45, 2.75) is 52.7 Å². The van der Waals surface area contributed by atoms with E-state index in [2.05, 4.69) is 53.6 Å². The van der Waals surface area contributed by atoms with Crippen molar-refractivity contribution in [1.82, 2.24) is 9.97 Å². The summed E-state index contributed by atoms with van der Waals surface area (Å²) < 4.78 is 13.0. The van der Waals surface area contributed by atoms with Gasteiger partial charge in [0.15, 0.2) is 0 Å². The molecule has 0 aromatic carbocycles. The van der Waals surface area contributed by atoms with Gasteiger partial charge in [-0.2, -0.15) is 0 Å². The topological polar surface area (TPSA) is 44.2 Å². The molecular formula is C18H24BBrN2O2. The first-order chi connectivity index (χ1) is 11.1. The summed E-state index contributed by atoms with van der Waals surface area (Å²) in [5.74, 6) is 0. The molecule has 0 saturated carbocycles. The van der Waals surface area contributed by atoms with Crippen molar-refractivity contribution in [1.29, 1.82) is 0 Å². The van der Waals surface area contributed by atoms with Crippen LogP contribution < -0.4 is 5.46 Å². The highest BCUT2D eigenvalue weighted by Crippen LogP contribution is 2.36. The van der Waals surface area contributed by atoms with E-state index >= 15 is 0 Å². The fourth-order valence-electron chi connectivity index (χ4n) is 2.20. The van der Waals surface area contributed by atoms with Crippen LogP contribution in [0.5, 0.6) is 0 Å². The van der Waals surface area contributed by atoms with Crippen molar-refractivity contribution in [2.24, 2.45) is 0 Å².